The van der Waals surface area contributed by atoms with Gasteiger partial charge in [0, 0.05) is 16.8 Å². The first kappa shape index (κ1) is 11.1. The number of rotatable bonds is 3. The molecular weight excluding hydrogens is 214 g/mol. The maximum Gasteiger partial charge on any atom is 0.255 e. The van der Waals surface area contributed by atoms with E-state index in [4.69, 9.17) is 0 Å². The van der Waals surface area contributed by atoms with Crippen molar-refractivity contribution in [3.05, 3.63) is 65.7 Å². The second-order valence-corrected chi connectivity index (χ2v) is 3.48. The molecule has 2 aromatic carbocycles. The van der Waals surface area contributed by atoms with Gasteiger partial charge in [-0.2, -0.15) is 0 Å². The number of anilines is 1. The third kappa shape index (κ3) is 2.78. The lowest BCUT2D eigenvalue weighted by atomic mass is 10.1. The molecule has 3 nitrogen and oxygen atoms in total. The highest BCUT2D eigenvalue weighted by Crippen LogP contribution is 2.09. The third-order valence-electron chi connectivity index (χ3n) is 2.29. The van der Waals surface area contributed by atoms with E-state index >= 15 is 0 Å². The highest BCUT2D eigenvalue weighted by Gasteiger charge is 2.05. The fraction of sp³-hybridized carbons (Fsp3) is 0. The summed E-state index contributed by atoms with van der Waals surface area (Å²) in [6.45, 7) is 0. The Morgan fingerprint density at radius 1 is 1.06 bits per heavy atom. The summed E-state index contributed by atoms with van der Waals surface area (Å²) in [6, 6.07) is 16.3. The zero-order valence-corrected chi connectivity index (χ0v) is 9.01. The number of amides is 1. The molecule has 1 amide bonds. The molecule has 3 heteroatoms. The predicted molar refractivity (Wildman–Crippen MR) is 65.1 cm³/mol. The van der Waals surface area contributed by atoms with Crippen LogP contribution in [0.4, 0.5) is 5.69 Å². The van der Waals surface area contributed by atoms with Crippen LogP contribution < -0.4 is 5.32 Å². The topological polar surface area (TPSA) is 46.2 Å². The Hall–Kier alpha value is -2.42. The number of carbonyl (C=O) groups is 2. The minimum atomic E-state index is -0.200. The second kappa shape index (κ2) is 5.07. The number of benzene rings is 2. The fourth-order valence-electron chi connectivity index (χ4n) is 1.39. The van der Waals surface area contributed by atoms with E-state index in [0.29, 0.717) is 16.8 Å². The SMILES string of the molecule is O=Cc1ccc(C(=O)Nc2cc[c]cc2)cc1. The van der Waals surface area contributed by atoms with E-state index in [2.05, 4.69) is 11.4 Å². The molecule has 0 atom stereocenters. The molecule has 0 unspecified atom stereocenters. The lowest BCUT2D eigenvalue weighted by Gasteiger charge is -2.04. The summed E-state index contributed by atoms with van der Waals surface area (Å²) in [5.74, 6) is -0.200. The van der Waals surface area contributed by atoms with Gasteiger partial charge in [0.2, 0.25) is 0 Å². The molecule has 1 radical (unpaired) electrons. The van der Waals surface area contributed by atoms with Crippen LogP contribution in [0.3, 0.4) is 0 Å². The molecule has 0 aromatic heterocycles. The van der Waals surface area contributed by atoms with Gasteiger partial charge in [0.25, 0.3) is 5.91 Å². The van der Waals surface area contributed by atoms with Crippen molar-refractivity contribution in [1.82, 2.24) is 0 Å². The fourth-order valence-corrected chi connectivity index (χ4v) is 1.39. The van der Waals surface area contributed by atoms with Crippen LogP contribution in [0.1, 0.15) is 20.7 Å². The minimum Gasteiger partial charge on any atom is -0.322 e. The highest BCUT2D eigenvalue weighted by molar-refractivity contribution is 6.04. The molecule has 17 heavy (non-hydrogen) atoms. The first-order chi connectivity index (χ1) is 8.29. The van der Waals surface area contributed by atoms with E-state index in [1.165, 1.54) is 0 Å². The van der Waals surface area contributed by atoms with Crippen molar-refractivity contribution in [2.24, 2.45) is 0 Å². The molecule has 0 heterocycles. The molecule has 2 rings (SSSR count). The summed E-state index contributed by atoms with van der Waals surface area (Å²) in [6.07, 6.45) is 0.745. The molecule has 0 aliphatic heterocycles. The van der Waals surface area contributed by atoms with Gasteiger partial charge >= 0.3 is 0 Å². The Balaban J connectivity index is 2.12. The van der Waals surface area contributed by atoms with Crippen LogP contribution in [0.25, 0.3) is 0 Å². The molecular formula is C14H10NO2. The second-order valence-electron chi connectivity index (χ2n) is 3.48. The highest BCUT2D eigenvalue weighted by atomic mass is 16.1. The maximum atomic E-state index is 11.8. The number of hydrogen-bond donors (Lipinski definition) is 1. The molecule has 0 fully saturated rings. The Labute approximate surface area is 99.1 Å². The Kier molecular flexibility index (Phi) is 3.31. The first-order valence-corrected chi connectivity index (χ1v) is 5.12. The molecule has 0 aliphatic rings. The first-order valence-electron chi connectivity index (χ1n) is 5.12. The quantitative estimate of drug-likeness (QED) is 0.814. The van der Waals surface area contributed by atoms with Crippen LogP contribution in [0.5, 0.6) is 0 Å². The number of carbonyl (C=O) groups excluding carboxylic acids is 2. The lowest BCUT2D eigenvalue weighted by Crippen LogP contribution is -2.11. The summed E-state index contributed by atoms with van der Waals surface area (Å²) >= 11 is 0. The van der Waals surface area contributed by atoms with Crippen molar-refractivity contribution < 1.29 is 9.59 Å². The maximum absolute atomic E-state index is 11.8. The van der Waals surface area contributed by atoms with Crippen molar-refractivity contribution >= 4 is 17.9 Å². The van der Waals surface area contributed by atoms with E-state index in [9.17, 15) is 9.59 Å². The Bertz CT molecular complexity index is 518. The van der Waals surface area contributed by atoms with Crippen LogP contribution in [0.2, 0.25) is 0 Å². The molecule has 2 aromatic rings. The predicted octanol–water partition coefficient (Wildman–Crippen LogP) is 2.55. The van der Waals surface area contributed by atoms with Crippen LogP contribution in [0.15, 0.2) is 48.5 Å². The zero-order valence-electron chi connectivity index (χ0n) is 9.01. The summed E-state index contributed by atoms with van der Waals surface area (Å²) in [7, 11) is 0. The number of nitrogens with one attached hydrogen (secondary N) is 1. The molecule has 83 valence electrons. The molecule has 0 bridgehead atoms. The molecule has 0 spiro atoms. The van der Waals surface area contributed by atoms with Crippen LogP contribution >= 0.6 is 0 Å². The zero-order chi connectivity index (χ0) is 12.1. The van der Waals surface area contributed by atoms with Crippen molar-refractivity contribution in [3.8, 4) is 0 Å². The molecule has 0 saturated carbocycles. The monoisotopic (exact) mass is 224 g/mol. The van der Waals surface area contributed by atoms with E-state index < -0.39 is 0 Å². The van der Waals surface area contributed by atoms with Crippen molar-refractivity contribution in [3.63, 3.8) is 0 Å². The lowest BCUT2D eigenvalue weighted by molar-refractivity contribution is 0.102. The van der Waals surface area contributed by atoms with E-state index in [-0.39, 0.29) is 5.91 Å². The summed E-state index contributed by atoms with van der Waals surface area (Å²) < 4.78 is 0. The third-order valence-corrected chi connectivity index (χ3v) is 2.29. The van der Waals surface area contributed by atoms with Crippen molar-refractivity contribution in [2.75, 3.05) is 5.32 Å². The van der Waals surface area contributed by atoms with Gasteiger partial charge in [-0.3, -0.25) is 9.59 Å². The summed E-state index contributed by atoms with van der Waals surface area (Å²) in [5.41, 5.74) is 1.78. The van der Waals surface area contributed by atoms with E-state index in [1.807, 2.05) is 0 Å². The van der Waals surface area contributed by atoms with Crippen LogP contribution in [0, 0.1) is 6.07 Å². The molecule has 0 saturated heterocycles. The van der Waals surface area contributed by atoms with Crippen molar-refractivity contribution in [1.29, 1.82) is 0 Å². The van der Waals surface area contributed by atoms with Gasteiger partial charge in [0.15, 0.2) is 0 Å². The average Bonchev–Trinajstić information content (AvgIpc) is 2.40. The van der Waals surface area contributed by atoms with E-state index in [1.54, 1.807) is 48.5 Å². The standard InChI is InChI=1S/C14H10NO2/c16-10-11-6-8-12(9-7-11)14(17)15-13-4-2-1-3-5-13/h2-10H,(H,15,17). The number of aldehydes is 1. The van der Waals surface area contributed by atoms with Gasteiger partial charge in [0.1, 0.15) is 6.29 Å². The summed E-state index contributed by atoms with van der Waals surface area (Å²) in [4.78, 5) is 22.3. The van der Waals surface area contributed by atoms with Crippen molar-refractivity contribution in [2.45, 2.75) is 0 Å². The number of hydrogen-bond acceptors (Lipinski definition) is 2. The van der Waals surface area contributed by atoms with Gasteiger partial charge in [-0.05, 0) is 30.3 Å². The minimum absolute atomic E-state index is 0.200. The van der Waals surface area contributed by atoms with Gasteiger partial charge in [-0.15, -0.1) is 0 Å². The summed E-state index contributed by atoms with van der Waals surface area (Å²) in [5, 5.41) is 2.75. The van der Waals surface area contributed by atoms with Gasteiger partial charge < -0.3 is 5.32 Å². The van der Waals surface area contributed by atoms with Crippen LogP contribution in [-0.4, -0.2) is 12.2 Å². The van der Waals surface area contributed by atoms with Gasteiger partial charge in [0.05, 0.1) is 0 Å². The Morgan fingerprint density at radius 3 is 2.29 bits per heavy atom. The largest absolute Gasteiger partial charge is 0.322 e. The molecule has 1 N–H and O–H groups in total. The molecule has 0 aliphatic carbocycles. The Morgan fingerprint density at radius 2 is 1.71 bits per heavy atom. The van der Waals surface area contributed by atoms with E-state index in [0.717, 1.165) is 6.29 Å². The van der Waals surface area contributed by atoms with Gasteiger partial charge in [-0.1, -0.05) is 24.3 Å². The van der Waals surface area contributed by atoms with Crippen LogP contribution in [-0.2, 0) is 0 Å². The smallest absolute Gasteiger partial charge is 0.255 e. The average molecular weight is 224 g/mol. The van der Waals surface area contributed by atoms with Gasteiger partial charge in [-0.25, -0.2) is 0 Å². The normalized spacial score (nSPS) is 9.65.